The molecule has 6 aliphatic rings. The summed E-state index contributed by atoms with van der Waals surface area (Å²) in [7, 11) is 0. The maximum atomic E-state index is 12.7. The first-order valence-electron chi connectivity index (χ1n) is 10.7. The van der Waals surface area contributed by atoms with Gasteiger partial charge in [-0.2, -0.15) is 0 Å². The maximum absolute atomic E-state index is 12.7. The van der Waals surface area contributed by atoms with Crippen molar-refractivity contribution in [2.75, 3.05) is 6.54 Å². The lowest BCUT2D eigenvalue weighted by Gasteiger charge is -2.56. The molecule has 0 aromatic heterocycles. The molecule has 5 heteroatoms. The first kappa shape index (κ1) is 16.8. The standard InChI is InChI=1S/C21H30N2O3/c24-18(22-21-10-13-7-14(11-21)9-15(8-13)12-21)5-6-23-19(25)16-3-1-2-4-17(16)20(23)26/h13-17H,1-12H2,(H,22,24)/t13?,14?,15?,16-,17-,21?/m1/s1. The minimum Gasteiger partial charge on any atom is -0.351 e. The van der Waals surface area contributed by atoms with Gasteiger partial charge in [-0.3, -0.25) is 19.3 Å². The van der Waals surface area contributed by atoms with Crippen LogP contribution in [0, 0.1) is 29.6 Å². The number of hydrogen-bond acceptors (Lipinski definition) is 3. The molecule has 4 bridgehead atoms. The number of amides is 3. The first-order chi connectivity index (χ1) is 12.5. The van der Waals surface area contributed by atoms with Gasteiger partial charge in [0, 0.05) is 18.5 Å². The summed E-state index contributed by atoms with van der Waals surface area (Å²) in [6.07, 6.45) is 11.5. The van der Waals surface area contributed by atoms with Gasteiger partial charge >= 0.3 is 0 Å². The van der Waals surface area contributed by atoms with Gasteiger partial charge < -0.3 is 5.32 Å². The molecule has 142 valence electrons. The summed E-state index contributed by atoms with van der Waals surface area (Å²) in [5.41, 5.74) is 0.0127. The maximum Gasteiger partial charge on any atom is 0.233 e. The molecule has 26 heavy (non-hydrogen) atoms. The molecule has 0 radical (unpaired) electrons. The molecule has 5 aliphatic carbocycles. The molecular formula is C21H30N2O3. The van der Waals surface area contributed by atoms with Crippen LogP contribution in [-0.2, 0) is 14.4 Å². The molecule has 0 aromatic rings. The van der Waals surface area contributed by atoms with Gasteiger partial charge in [0.05, 0.1) is 11.8 Å². The summed E-state index contributed by atoms with van der Waals surface area (Å²) in [6.45, 7) is 0.267. The van der Waals surface area contributed by atoms with Crippen molar-refractivity contribution in [2.45, 2.75) is 76.2 Å². The number of fused-ring (bicyclic) bond motifs is 1. The zero-order valence-electron chi connectivity index (χ0n) is 15.5. The van der Waals surface area contributed by atoms with Gasteiger partial charge in [-0.25, -0.2) is 0 Å². The van der Waals surface area contributed by atoms with Crippen LogP contribution in [0.4, 0.5) is 0 Å². The van der Waals surface area contributed by atoms with Crippen molar-refractivity contribution in [3.05, 3.63) is 0 Å². The molecule has 6 fully saturated rings. The Kier molecular flexibility index (Phi) is 3.91. The third kappa shape index (κ3) is 2.69. The fourth-order valence-electron chi connectivity index (χ4n) is 7.29. The topological polar surface area (TPSA) is 66.5 Å². The number of imide groups is 1. The van der Waals surface area contributed by atoms with E-state index in [2.05, 4.69) is 5.32 Å². The van der Waals surface area contributed by atoms with E-state index in [-0.39, 0.29) is 48.1 Å². The van der Waals surface area contributed by atoms with E-state index in [0.29, 0.717) is 0 Å². The van der Waals surface area contributed by atoms with Gasteiger partial charge in [-0.1, -0.05) is 12.8 Å². The number of likely N-dealkylation sites (tertiary alicyclic amines) is 1. The first-order valence-corrected chi connectivity index (χ1v) is 10.7. The van der Waals surface area contributed by atoms with Crippen molar-refractivity contribution in [2.24, 2.45) is 29.6 Å². The van der Waals surface area contributed by atoms with Crippen molar-refractivity contribution in [3.8, 4) is 0 Å². The fraction of sp³-hybridized carbons (Fsp3) is 0.857. The number of carbonyl (C=O) groups is 3. The lowest BCUT2D eigenvalue weighted by Crippen LogP contribution is -2.60. The molecule has 6 rings (SSSR count). The summed E-state index contributed by atoms with van der Waals surface area (Å²) in [5.74, 6) is 2.15. The van der Waals surface area contributed by atoms with Crippen molar-refractivity contribution >= 4 is 17.7 Å². The number of carbonyl (C=O) groups excluding carboxylic acids is 3. The Morgan fingerprint density at radius 1 is 0.923 bits per heavy atom. The minimum atomic E-state index is -0.109. The van der Waals surface area contributed by atoms with E-state index < -0.39 is 0 Å². The molecule has 2 atom stereocenters. The highest BCUT2D eigenvalue weighted by Crippen LogP contribution is 2.55. The molecule has 1 heterocycles. The molecule has 1 saturated heterocycles. The summed E-state index contributed by atoms with van der Waals surface area (Å²) in [5, 5.41) is 3.35. The molecule has 1 N–H and O–H groups in total. The molecule has 0 aromatic carbocycles. The predicted octanol–water partition coefficient (Wildman–Crippen LogP) is 2.64. The largest absolute Gasteiger partial charge is 0.351 e. The number of rotatable bonds is 4. The van der Waals surface area contributed by atoms with Gasteiger partial charge in [-0.05, 0) is 69.1 Å². The highest BCUT2D eigenvalue weighted by molar-refractivity contribution is 6.05. The van der Waals surface area contributed by atoms with Crippen molar-refractivity contribution in [1.82, 2.24) is 10.2 Å². The highest BCUT2D eigenvalue weighted by atomic mass is 16.2. The van der Waals surface area contributed by atoms with Crippen LogP contribution >= 0.6 is 0 Å². The summed E-state index contributed by atoms with van der Waals surface area (Å²) < 4.78 is 0. The number of hydrogen-bond donors (Lipinski definition) is 1. The van der Waals surface area contributed by atoms with Crippen LogP contribution in [0.15, 0.2) is 0 Å². The van der Waals surface area contributed by atoms with Gasteiger partial charge in [0.15, 0.2) is 0 Å². The molecule has 0 spiro atoms. The Balaban J connectivity index is 1.19. The molecule has 1 aliphatic heterocycles. The van der Waals surface area contributed by atoms with E-state index >= 15 is 0 Å². The average molecular weight is 358 g/mol. The Hall–Kier alpha value is -1.39. The predicted molar refractivity (Wildman–Crippen MR) is 95.8 cm³/mol. The van der Waals surface area contributed by atoms with Gasteiger partial charge in [0.25, 0.3) is 0 Å². The number of nitrogens with one attached hydrogen (secondary N) is 1. The Labute approximate surface area is 155 Å². The van der Waals surface area contributed by atoms with Gasteiger partial charge in [0.2, 0.25) is 17.7 Å². The van der Waals surface area contributed by atoms with E-state index in [1.165, 1.54) is 24.2 Å². The van der Waals surface area contributed by atoms with Crippen molar-refractivity contribution in [1.29, 1.82) is 0 Å². The van der Waals surface area contributed by atoms with Crippen LogP contribution < -0.4 is 5.32 Å². The average Bonchev–Trinajstić information content (AvgIpc) is 2.83. The summed E-state index contributed by atoms with van der Waals surface area (Å²) in [6, 6.07) is 0. The number of nitrogens with zero attached hydrogens (tertiary/aromatic N) is 1. The molecule has 5 nitrogen and oxygen atoms in total. The fourth-order valence-corrected chi connectivity index (χ4v) is 7.29. The van der Waals surface area contributed by atoms with Crippen LogP contribution in [0.2, 0.25) is 0 Å². The third-order valence-corrected chi connectivity index (χ3v) is 7.94. The quantitative estimate of drug-likeness (QED) is 0.786. The summed E-state index contributed by atoms with van der Waals surface area (Å²) >= 11 is 0. The van der Waals surface area contributed by atoms with Crippen LogP contribution in [0.3, 0.4) is 0 Å². The van der Waals surface area contributed by atoms with Crippen molar-refractivity contribution in [3.63, 3.8) is 0 Å². The zero-order chi connectivity index (χ0) is 17.9. The second kappa shape index (κ2) is 6.07. The van der Waals surface area contributed by atoms with Crippen LogP contribution in [-0.4, -0.2) is 34.7 Å². The van der Waals surface area contributed by atoms with Gasteiger partial charge in [-0.15, -0.1) is 0 Å². The second-order valence-corrected chi connectivity index (χ2v) is 9.82. The van der Waals surface area contributed by atoms with Crippen molar-refractivity contribution < 1.29 is 14.4 Å². The molecule has 3 amide bonds. The third-order valence-electron chi connectivity index (χ3n) is 7.94. The van der Waals surface area contributed by atoms with Gasteiger partial charge in [0.1, 0.15) is 0 Å². The van der Waals surface area contributed by atoms with E-state index in [0.717, 1.165) is 62.7 Å². The second-order valence-electron chi connectivity index (χ2n) is 9.82. The lowest BCUT2D eigenvalue weighted by molar-refractivity contribution is -0.140. The SMILES string of the molecule is O=C(CCN1C(=O)[C@@H]2CCCC[C@H]2C1=O)NC12CC3CC(CC(C3)C1)C2. The molecule has 5 saturated carbocycles. The Bertz CT molecular complexity index is 584. The Morgan fingerprint density at radius 2 is 1.42 bits per heavy atom. The Morgan fingerprint density at radius 3 is 1.92 bits per heavy atom. The zero-order valence-corrected chi connectivity index (χ0v) is 15.5. The van der Waals surface area contributed by atoms with E-state index in [1.54, 1.807) is 0 Å². The lowest BCUT2D eigenvalue weighted by atomic mass is 9.53. The van der Waals surface area contributed by atoms with Crippen LogP contribution in [0.1, 0.15) is 70.6 Å². The normalized spacial score (nSPS) is 43.7. The molecule has 0 unspecified atom stereocenters. The van der Waals surface area contributed by atoms with E-state index in [9.17, 15) is 14.4 Å². The van der Waals surface area contributed by atoms with Crippen LogP contribution in [0.5, 0.6) is 0 Å². The smallest absolute Gasteiger partial charge is 0.233 e. The van der Waals surface area contributed by atoms with E-state index in [1.807, 2.05) is 0 Å². The van der Waals surface area contributed by atoms with E-state index in [4.69, 9.17) is 0 Å². The summed E-state index contributed by atoms with van der Waals surface area (Å²) in [4.78, 5) is 39.1. The van der Waals surface area contributed by atoms with Crippen LogP contribution in [0.25, 0.3) is 0 Å². The highest BCUT2D eigenvalue weighted by Gasteiger charge is 2.52. The molecular weight excluding hydrogens is 328 g/mol. The monoisotopic (exact) mass is 358 g/mol. The minimum absolute atomic E-state index is 0.0127.